The van der Waals surface area contributed by atoms with E-state index in [9.17, 15) is 0 Å². The van der Waals surface area contributed by atoms with Crippen molar-refractivity contribution in [1.82, 2.24) is 0 Å². The standard InChI is InChI=1S/C13H17NO3.ClH/c14-12(9-4-6-15-7-5-9)10-2-1-3-11-13(10)17-8-16-11;/h1-3,9,12H,4-8,14H2;1H/t12-;/m0./s1. The predicted molar refractivity (Wildman–Crippen MR) is 70.3 cm³/mol. The lowest BCUT2D eigenvalue weighted by atomic mass is 9.87. The largest absolute Gasteiger partial charge is 0.454 e. The Bertz CT molecular complexity index is 407. The van der Waals surface area contributed by atoms with Gasteiger partial charge in [0.05, 0.1) is 0 Å². The maximum absolute atomic E-state index is 6.35. The van der Waals surface area contributed by atoms with Gasteiger partial charge in [0, 0.05) is 24.8 Å². The highest BCUT2D eigenvalue weighted by atomic mass is 35.5. The van der Waals surface area contributed by atoms with Crippen LogP contribution >= 0.6 is 12.4 Å². The van der Waals surface area contributed by atoms with E-state index in [0.717, 1.165) is 43.1 Å². The molecule has 3 rings (SSSR count). The molecular weight excluding hydrogens is 254 g/mol. The Kier molecular flexibility index (Phi) is 4.32. The van der Waals surface area contributed by atoms with Gasteiger partial charge in [-0.15, -0.1) is 12.4 Å². The molecule has 0 spiro atoms. The van der Waals surface area contributed by atoms with Gasteiger partial charge in [0.15, 0.2) is 11.5 Å². The zero-order chi connectivity index (χ0) is 11.7. The van der Waals surface area contributed by atoms with Gasteiger partial charge < -0.3 is 19.9 Å². The minimum atomic E-state index is 0. The van der Waals surface area contributed by atoms with Crippen LogP contribution in [-0.2, 0) is 4.74 Å². The van der Waals surface area contributed by atoms with Crippen LogP contribution in [0.3, 0.4) is 0 Å². The zero-order valence-electron chi connectivity index (χ0n) is 10.1. The van der Waals surface area contributed by atoms with Gasteiger partial charge in [-0.1, -0.05) is 12.1 Å². The van der Waals surface area contributed by atoms with E-state index in [-0.39, 0.29) is 18.4 Å². The summed E-state index contributed by atoms with van der Waals surface area (Å²) in [6.07, 6.45) is 2.04. The first kappa shape index (κ1) is 13.5. The predicted octanol–water partition coefficient (Wildman–Crippen LogP) is 2.26. The van der Waals surface area contributed by atoms with Crippen molar-refractivity contribution >= 4 is 12.4 Å². The number of hydrogen-bond donors (Lipinski definition) is 1. The molecule has 1 aromatic carbocycles. The molecule has 5 heteroatoms. The Hall–Kier alpha value is -0.970. The lowest BCUT2D eigenvalue weighted by molar-refractivity contribution is 0.0580. The van der Waals surface area contributed by atoms with Gasteiger partial charge in [0.2, 0.25) is 6.79 Å². The molecule has 4 nitrogen and oxygen atoms in total. The third-order valence-electron chi connectivity index (χ3n) is 3.56. The van der Waals surface area contributed by atoms with Crippen molar-refractivity contribution in [3.63, 3.8) is 0 Å². The molecule has 0 bridgehead atoms. The van der Waals surface area contributed by atoms with Crippen molar-refractivity contribution in [3.05, 3.63) is 23.8 Å². The van der Waals surface area contributed by atoms with Crippen molar-refractivity contribution < 1.29 is 14.2 Å². The molecule has 0 radical (unpaired) electrons. The van der Waals surface area contributed by atoms with Crippen LogP contribution in [-0.4, -0.2) is 20.0 Å². The summed E-state index contributed by atoms with van der Waals surface area (Å²) in [5.74, 6) is 2.11. The second kappa shape index (κ2) is 5.78. The van der Waals surface area contributed by atoms with Crippen LogP contribution in [0.1, 0.15) is 24.4 Å². The smallest absolute Gasteiger partial charge is 0.231 e. The number of fused-ring (bicyclic) bond motifs is 1. The van der Waals surface area contributed by atoms with E-state index in [4.69, 9.17) is 19.9 Å². The molecule has 2 N–H and O–H groups in total. The number of para-hydroxylation sites is 1. The molecule has 0 amide bonds. The van der Waals surface area contributed by atoms with E-state index in [1.54, 1.807) is 0 Å². The lowest BCUT2D eigenvalue weighted by Crippen LogP contribution is -2.27. The molecule has 0 aromatic heterocycles. The molecule has 0 saturated carbocycles. The Morgan fingerprint density at radius 1 is 1.17 bits per heavy atom. The van der Waals surface area contributed by atoms with E-state index in [0.29, 0.717) is 12.7 Å². The molecule has 2 aliphatic heterocycles. The van der Waals surface area contributed by atoms with Gasteiger partial charge >= 0.3 is 0 Å². The SMILES string of the molecule is Cl.N[C@H](c1cccc2c1OCO2)C1CCOCC1. The third-order valence-corrected chi connectivity index (χ3v) is 3.56. The molecule has 0 unspecified atom stereocenters. The summed E-state index contributed by atoms with van der Waals surface area (Å²) in [4.78, 5) is 0. The van der Waals surface area contributed by atoms with Crippen LogP contribution in [0.2, 0.25) is 0 Å². The average molecular weight is 272 g/mol. The van der Waals surface area contributed by atoms with Crippen LogP contribution in [0.25, 0.3) is 0 Å². The van der Waals surface area contributed by atoms with Gasteiger partial charge in [-0.3, -0.25) is 0 Å². The van der Waals surface area contributed by atoms with Crippen molar-refractivity contribution in [2.75, 3.05) is 20.0 Å². The first-order valence-electron chi connectivity index (χ1n) is 6.08. The van der Waals surface area contributed by atoms with Crippen LogP contribution in [0.15, 0.2) is 18.2 Å². The molecule has 1 saturated heterocycles. The fraction of sp³-hybridized carbons (Fsp3) is 0.538. The fourth-order valence-electron chi connectivity index (χ4n) is 2.54. The van der Waals surface area contributed by atoms with Crippen LogP contribution in [0, 0.1) is 5.92 Å². The molecule has 2 aliphatic rings. The minimum absolute atomic E-state index is 0. The normalized spacial score (nSPS) is 20.3. The van der Waals surface area contributed by atoms with Gasteiger partial charge in [-0.05, 0) is 24.8 Å². The number of rotatable bonds is 2. The summed E-state index contributed by atoms with van der Waals surface area (Å²) in [7, 11) is 0. The molecule has 1 aromatic rings. The summed E-state index contributed by atoms with van der Waals surface area (Å²) in [5.41, 5.74) is 7.41. The Balaban J connectivity index is 0.00000120. The number of benzene rings is 1. The Morgan fingerprint density at radius 3 is 2.72 bits per heavy atom. The molecular formula is C13H18ClNO3. The maximum Gasteiger partial charge on any atom is 0.231 e. The minimum Gasteiger partial charge on any atom is -0.454 e. The van der Waals surface area contributed by atoms with Gasteiger partial charge in [-0.2, -0.15) is 0 Å². The molecule has 0 aliphatic carbocycles. The summed E-state index contributed by atoms with van der Waals surface area (Å²) < 4.78 is 16.2. The van der Waals surface area contributed by atoms with E-state index in [2.05, 4.69) is 0 Å². The van der Waals surface area contributed by atoms with Crippen molar-refractivity contribution in [2.24, 2.45) is 11.7 Å². The van der Waals surface area contributed by atoms with Crippen LogP contribution in [0.4, 0.5) is 0 Å². The number of ether oxygens (including phenoxy) is 3. The molecule has 100 valence electrons. The number of nitrogens with two attached hydrogens (primary N) is 1. The van der Waals surface area contributed by atoms with Crippen LogP contribution in [0.5, 0.6) is 11.5 Å². The summed E-state index contributed by atoms with van der Waals surface area (Å²) in [6.45, 7) is 1.92. The zero-order valence-corrected chi connectivity index (χ0v) is 10.9. The highest BCUT2D eigenvalue weighted by Gasteiger charge is 2.27. The molecule has 1 fully saturated rings. The summed E-state index contributed by atoms with van der Waals surface area (Å²) >= 11 is 0. The quantitative estimate of drug-likeness (QED) is 0.896. The number of hydrogen-bond acceptors (Lipinski definition) is 4. The molecule has 2 heterocycles. The second-order valence-electron chi connectivity index (χ2n) is 4.56. The highest BCUT2D eigenvalue weighted by molar-refractivity contribution is 5.85. The fourth-order valence-corrected chi connectivity index (χ4v) is 2.54. The Morgan fingerprint density at radius 2 is 1.94 bits per heavy atom. The van der Waals surface area contributed by atoms with E-state index < -0.39 is 0 Å². The number of halogens is 1. The first-order valence-corrected chi connectivity index (χ1v) is 6.08. The van der Waals surface area contributed by atoms with Crippen molar-refractivity contribution in [1.29, 1.82) is 0 Å². The Labute approximate surface area is 113 Å². The van der Waals surface area contributed by atoms with E-state index in [1.807, 2.05) is 18.2 Å². The third kappa shape index (κ3) is 2.41. The summed E-state index contributed by atoms with van der Waals surface area (Å²) in [6, 6.07) is 5.94. The van der Waals surface area contributed by atoms with Crippen LogP contribution < -0.4 is 15.2 Å². The highest BCUT2D eigenvalue weighted by Crippen LogP contribution is 2.41. The van der Waals surface area contributed by atoms with Gasteiger partial charge in [-0.25, -0.2) is 0 Å². The summed E-state index contributed by atoms with van der Waals surface area (Å²) in [5, 5.41) is 0. The first-order chi connectivity index (χ1) is 8.36. The second-order valence-corrected chi connectivity index (χ2v) is 4.56. The lowest BCUT2D eigenvalue weighted by Gasteiger charge is -2.28. The monoisotopic (exact) mass is 271 g/mol. The van der Waals surface area contributed by atoms with Crippen molar-refractivity contribution in [2.45, 2.75) is 18.9 Å². The molecule has 1 atom stereocenters. The molecule has 18 heavy (non-hydrogen) atoms. The average Bonchev–Trinajstić information content (AvgIpc) is 2.87. The van der Waals surface area contributed by atoms with Gasteiger partial charge in [0.1, 0.15) is 0 Å². The van der Waals surface area contributed by atoms with Gasteiger partial charge in [0.25, 0.3) is 0 Å². The van der Waals surface area contributed by atoms with E-state index in [1.165, 1.54) is 0 Å². The van der Waals surface area contributed by atoms with Crippen molar-refractivity contribution in [3.8, 4) is 11.5 Å². The maximum atomic E-state index is 6.35. The van der Waals surface area contributed by atoms with E-state index >= 15 is 0 Å². The topological polar surface area (TPSA) is 53.7 Å².